The number of hydrogen-bond donors (Lipinski definition) is 1. The Morgan fingerprint density at radius 1 is 1.12 bits per heavy atom. The number of hydrogen-bond acceptors (Lipinski definition) is 1. The molecule has 1 heterocycles. The Morgan fingerprint density at radius 2 is 1.81 bits per heavy atom. The molecule has 1 N–H and O–H groups in total. The van der Waals surface area contributed by atoms with Crippen LogP contribution in [0, 0.1) is 13.8 Å². The summed E-state index contributed by atoms with van der Waals surface area (Å²) in [5, 5.41) is 3.19. The van der Waals surface area contributed by atoms with E-state index in [1.807, 2.05) is 7.05 Å². The Morgan fingerprint density at radius 3 is 2.44 bits per heavy atom. The Hall–Kier alpha value is -1.54. The van der Waals surface area contributed by atoms with Crippen LogP contribution >= 0.6 is 0 Å². The van der Waals surface area contributed by atoms with Crippen molar-refractivity contribution in [2.45, 2.75) is 20.4 Å². The van der Waals surface area contributed by atoms with Crippen LogP contribution < -0.4 is 5.32 Å². The second-order valence-corrected chi connectivity index (χ2v) is 4.25. The normalized spacial score (nSPS) is 10.7. The third kappa shape index (κ3) is 2.17. The van der Waals surface area contributed by atoms with Crippen molar-refractivity contribution < 1.29 is 0 Å². The van der Waals surface area contributed by atoms with E-state index in [1.54, 1.807) is 0 Å². The van der Waals surface area contributed by atoms with E-state index in [0.29, 0.717) is 0 Å². The molecular formula is C14H18N2. The molecule has 0 aliphatic heterocycles. The third-order valence-electron chi connectivity index (χ3n) is 2.68. The molecule has 84 valence electrons. The van der Waals surface area contributed by atoms with Gasteiger partial charge in [0.25, 0.3) is 0 Å². The molecule has 1 aromatic carbocycles. The highest BCUT2D eigenvalue weighted by atomic mass is 15.0. The maximum atomic E-state index is 3.19. The minimum atomic E-state index is 0.889. The quantitative estimate of drug-likeness (QED) is 0.831. The summed E-state index contributed by atoms with van der Waals surface area (Å²) >= 11 is 0. The molecule has 0 saturated carbocycles. The van der Waals surface area contributed by atoms with Crippen LogP contribution in [0.15, 0.2) is 36.5 Å². The topological polar surface area (TPSA) is 17.0 Å². The van der Waals surface area contributed by atoms with Crippen LogP contribution in [0.4, 0.5) is 0 Å². The van der Waals surface area contributed by atoms with Gasteiger partial charge in [0.1, 0.15) is 0 Å². The van der Waals surface area contributed by atoms with E-state index in [9.17, 15) is 0 Å². The lowest BCUT2D eigenvalue weighted by Gasteiger charge is -2.10. The molecule has 0 radical (unpaired) electrons. The molecule has 0 fully saturated rings. The van der Waals surface area contributed by atoms with Gasteiger partial charge in [-0.1, -0.05) is 6.07 Å². The molecule has 2 aromatic rings. The van der Waals surface area contributed by atoms with Gasteiger partial charge in [-0.05, 0) is 56.3 Å². The van der Waals surface area contributed by atoms with Crippen molar-refractivity contribution in [1.29, 1.82) is 0 Å². The predicted molar refractivity (Wildman–Crippen MR) is 68.0 cm³/mol. The fraction of sp³-hybridized carbons (Fsp3) is 0.286. The van der Waals surface area contributed by atoms with E-state index >= 15 is 0 Å². The van der Waals surface area contributed by atoms with Crippen LogP contribution in [-0.2, 0) is 6.54 Å². The van der Waals surface area contributed by atoms with E-state index in [2.05, 4.69) is 60.3 Å². The Kier molecular flexibility index (Phi) is 3.11. The summed E-state index contributed by atoms with van der Waals surface area (Å²) in [7, 11) is 1.97. The van der Waals surface area contributed by atoms with Gasteiger partial charge in [-0.15, -0.1) is 0 Å². The van der Waals surface area contributed by atoms with Gasteiger partial charge in [0.2, 0.25) is 0 Å². The van der Waals surface area contributed by atoms with Gasteiger partial charge < -0.3 is 9.88 Å². The molecule has 1 aromatic heterocycles. The molecule has 0 atom stereocenters. The maximum Gasteiger partial charge on any atom is 0.0458 e. The van der Waals surface area contributed by atoms with Gasteiger partial charge in [-0.2, -0.15) is 0 Å². The number of aromatic nitrogens is 1. The third-order valence-corrected chi connectivity index (χ3v) is 2.68. The largest absolute Gasteiger partial charge is 0.320 e. The monoisotopic (exact) mass is 214 g/mol. The molecule has 16 heavy (non-hydrogen) atoms. The van der Waals surface area contributed by atoms with Gasteiger partial charge >= 0.3 is 0 Å². The Labute approximate surface area is 96.9 Å². The Bertz CT molecular complexity index is 463. The van der Waals surface area contributed by atoms with Crippen LogP contribution in [0.2, 0.25) is 0 Å². The van der Waals surface area contributed by atoms with Gasteiger partial charge in [-0.25, -0.2) is 0 Å². The summed E-state index contributed by atoms with van der Waals surface area (Å²) < 4.78 is 2.23. The van der Waals surface area contributed by atoms with Crippen LogP contribution in [0.5, 0.6) is 0 Å². The molecular weight excluding hydrogens is 196 g/mol. The first-order chi connectivity index (χ1) is 7.70. The zero-order valence-corrected chi connectivity index (χ0v) is 10.1. The Balaban J connectivity index is 2.45. The second kappa shape index (κ2) is 4.54. The second-order valence-electron chi connectivity index (χ2n) is 4.25. The van der Waals surface area contributed by atoms with E-state index in [1.165, 1.54) is 22.5 Å². The molecule has 0 saturated heterocycles. The lowest BCUT2D eigenvalue weighted by Crippen LogP contribution is -2.09. The SMILES string of the molecule is CNCc1cccn1-c1cc(C)cc(C)c1. The molecule has 0 amide bonds. The van der Waals surface area contributed by atoms with E-state index in [-0.39, 0.29) is 0 Å². The first-order valence-electron chi connectivity index (χ1n) is 5.60. The van der Waals surface area contributed by atoms with Gasteiger partial charge in [-0.3, -0.25) is 0 Å². The van der Waals surface area contributed by atoms with E-state index in [4.69, 9.17) is 0 Å². The molecule has 2 heteroatoms. The van der Waals surface area contributed by atoms with E-state index in [0.717, 1.165) is 6.54 Å². The summed E-state index contributed by atoms with van der Waals surface area (Å²) in [6, 6.07) is 10.9. The number of aryl methyl sites for hydroxylation is 2. The summed E-state index contributed by atoms with van der Waals surface area (Å²) in [5.74, 6) is 0. The highest BCUT2D eigenvalue weighted by molar-refractivity contribution is 5.41. The predicted octanol–water partition coefficient (Wildman–Crippen LogP) is 2.81. The van der Waals surface area contributed by atoms with Crippen molar-refractivity contribution in [2.75, 3.05) is 7.05 Å². The maximum absolute atomic E-state index is 3.19. The minimum absolute atomic E-state index is 0.889. The zero-order chi connectivity index (χ0) is 11.5. The van der Waals surface area contributed by atoms with Crippen molar-refractivity contribution in [3.05, 3.63) is 53.3 Å². The van der Waals surface area contributed by atoms with Crippen molar-refractivity contribution >= 4 is 0 Å². The highest BCUT2D eigenvalue weighted by Gasteiger charge is 2.03. The minimum Gasteiger partial charge on any atom is -0.320 e. The fourth-order valence-electron chi connectivity index (χ4n) is 2.08. The van der Waals surface area contributed by atoms with Gasteiger partial charge in [0, 0.05) is 24.1 Å². The summed E-state index contributed by atoms with van der Waals surface area (Å²) in [6.07, 6.45) is 2.11. The number of nitrogens with one attached hydrogen (secondary N) is 1. The van der Waals surface area contributed by atoms with Gasteiger partial charge in [0.05, 0.1) is 0 Å². The number of nitrogens with zero attached hydrogens (tertiary/aromatic N) is 1. The molecule has 0 bridgehead atoms. The average Bonchev–Trinajstić information content (AvgIpc) is 2.65. The lowest BCUT2D eigenvalue weighted by atomic mass is 10.1. The zero-order valence-electron chi connectivity index (χ0n) is 10.1. The van der Waals surface area contributed by atoms with Crippen molar-refractivity contribution in [3.8, 4) is 5.69 Å². The first-order valence-corrected chi connectivity index (χ1v) is 5.60. The molecule has 0 aliphatic carbocycles. The molecule has 2 nitrogen and oxygen atoms in total. The standard InChI is InChI=1S/C14H18N2/c1-11-7-12(2)9-14(8-11)16-6-4-5-13(16)10-15-3/h4-9,15H,10H2,1-3H3. The summed E-state index contributed by atoms with van der Waals surface area (Å²) in [5.41, 5.74) is 5.14. The summed E-state index contributed by atoms with van der Waals surface area (Å²) in [6.45, 7) is 5.16. The van der Waals surface area contributed by atoms with Crippen molar-refractivity contribution in [1.82, 2.24) is 9.88 Å². The van der Waals surface area contributed by atoms with Crippen LogP contribution in [0.1, 0.15) is 16.8 Å². The molecule has 2 rings (SSSR count). The lowest BCUT2D eigenvalue weighted by molar-refractivity contribution is 0.768. The van der Waals surface area contributed by atoms with E-state index < -0.39 is 0 Å². The van der Waals surface area contributed by atoms with Gasteiger partial charge in [0.15, 0.2) is 0 Å². The number of rotatable bonds is 3. The average molecular weight is 214 g/mol. The smallest absolute Gasteiger partial charge is 0.0458 e. The van der Waals surface area contributed by atoms with Crippen molar-refractivity contribution in [3.63, 3.8) is 0 Å². The first kappa shape index (κ1) is 11.0. The van der Waals surface area contributed by atoms with Crippen LogP contribution in [-0.4, -0.2) is 11.6 Å². The molecule has 0 aliphatic rings. The fourth-order valence-corrected chi connectivity index (χ4v) is 2.08. The highest BCUT2D eigenvalue weighted by Crippen LogP contribution is 2.16. The molecule has 0 spiro atoms. The number of benzene rings is 1. The molecule has 0 unspecified atom stereocenters. The van der Waals surface area contributed by atoms with Crippen LogP contribution in [0.3, 0.4) is 0 Å². The van der Waals surface area contributed by atoms with Crippen molar-refractivity contribution in [2.24, 2.45) is 0 Å². The van der Waals surface area contributed by atoms with Crippen LogP contribution in [0.25, 0.3) is 5.69 Å². The summed E-state index contributed by atoms with van der Waals surface area (Å²) in [4.78, 5) is 0.